The summed E-state index contributed by atoms with van der Waals surface area (Å²) in [5.41, 5.74) is 4.98. The van der Waals surface area contributed by atoms with E-state index in [0.29, 0.717) is 6.73 Å². The average molecular weight is 498 g/mol. The summed E-state index contributed by atoms with van der Waals surface area (Å²) in [4.78, 5) is 4.39. The van der Waals surface area contributed by atoms with Gasteiger partial charge in [0.05, 0.1) is 22.5 Å². The van der Waals surface area contributed by atoms with E-state index >= 15 is 0 Å². The number of aryl methyl sites for hydroxylation is 1. The van der Waals surface area contributed by atoms with Crippen LogP contribution in [0.15, 0.2) is 18.6 Å². The number of hydrogen-bond acceptors (Lipinski definition) is 6. The summed E-state index contributed by atoms with van der Waals surface area (Å²) >= 11 is 0. The van der Waals surface area contributed by atoms with Crippen molar-refractivity contribution in [2.24, 2.45) is 0 Å². The largest absolute Gasteiger partial charge is 0.516 e. The standard InChI is InChI=1S/C25H40BN5O3Si/c1-17(2)20-21(19-13-18(3)23-27-15-28-30(23)14-19)31(16-32-11-12-35(8,9)10)29-22(20)26-33-24(4,5)25(6,7)34-26/h13-15,17H,11-12,16H2,1-10H3. The monoisotopic (exact) mass is 497 g/mol. The average Bonchev–Trinajstić information content (AvgIpc) is 3.39. The van der Waals surface area contributed by atoms with Crippen molar-refractivity contribution in [1.82, 2.24) is 24.4 Å². The molecule has 0 amide bonds. The number of rotatable bonds is 8. The van der Waals surface area contributed by atoms with E-state index in [1.807, 2.05) is 15.4 Å². The maximum absolute atomic E-state index is 6.44. The molecular formula is C25H40BN5O3Si. The first-order valence-electron chi connectivity index (χ1n) is 12.5. The second kappa shape index (κ2) is 9.14. The highest BCUT2D eigenvalue weighted by Gasteiger charge is 2.53. The van der Waals surface area contributed by atoms with Crippen LogP contribution < -0.4 is 5.59 Å². The first-order valence-corrected chi connectivity index (χ1v) is 16.3. The van der Waals surface area contributed by atoms with Crippen LogP contribution in [-0.4, -0.2) is 57.4 Å². The quantitative estimate of drug-likeness (QED) is 0.334. The maximum atomic E-state index is 6.44. The lowest BCUT2D eigenvalue weighted by molar-refractivity contribution is 0.00578. The van der Waals surface area contributed by atoms with Crippen LogP contribution in [0, 0.1) is 6.92 Å². The van der Waals surface area contributed by atoms with E-state index in [0.717, 1.165) is 46.3 Å². The van der Waals surface area contributed by atoms with Gasteiger partial charge in [-0.3, -0.25) is 0 Å². The minimum absolute atomic E-state index is 0.196. The molecule has 0 unspecified atom stereocenters. The number of nitrogens with zero attached hydrogens (tertiary/aromatic N) is 5. The zero-order chi connectivity index (χ0) is 25.8. The van der Waals surface area contributed by atoms with Crippen LogP contribution >= 0.6 is 0 Å². The molecule has 1 fully saturated rings. The molecule has 0 aromatic carbocycles. The van der Waals surface area contributed by atoms with Gasteiger partial charge in [0.25, 0.3) is 0 Å². The van der Waals surface area contributed by atoms with Gasteiger partial charge in [0.15, 0.2) is 5.65 Å². The first-order chi connectivity index (χ1) is 16.2. The van der Waals surface area contributed by atoms with E-state index in [4.69, 9.17) is 19.1 Å². The number of ether oxygens (including phenoxy) is 1. The van der Waals surface area contributed by atoms with Crippen LogP contribution in [0.25, 0.3) is 16.9 Å². The lowest BCUT2D eigenvalue weighted by Gasteiger charge is -2.32. The number of fused-ring (bicyclic) bond motifs is 1. The Bertz CT molecular complexity index is 1200. The van der Waals surface area contributed by atoms with Gasteiger partial charge >= 0.3 is 7.12 Å². The third kappa shape index (κ3) is 5.12. The molecule has 35 heavy (non-hydrogen) atoms. The highest BCUT2D eigenvalue weighted by atomic mass is 28.3. The Hall–Kier alpha value is -2.01. The normalized spacial score (nSPS) is 17.7. The number of hydrogen-bond donors (Lipinski definition) is 0. The highest BCUT2D eigenvalue weighted by molar-refractivity contribution is 6.76. The molecule has 0 spiro atoms. The lowest BCUT2D eigenvalue weighted by atomic mass is 9.78. The zero-order valence-electron chi connectivity index (χ0n) is 23.0. The van der Waals surface area contributed by atoms with Gasteiger partial charge in [-0.05, 0) is 58.2 Å². The van der Waals surface area contributed by atoms with Crippen molar-refractivity contribution in [3.05, 3.63) is 29.7 Å². The molecule has 8 nitrogen and oxygen atoms in total. The van der Waals surface area contributed by atoms with Crippen LogP contribution in [0.2, 0.25) is 25.7 Å². The Balaban J connectivity index is 1.81. The third-order valence-corrected chi connectivity index (χ3v) is 8.82. The Morgan fingerprint density at radius 2 is 1.77 bits per heavy atom. The van der Waals surface area contributed by atoms with Gasteiger partial charge in [-0.25, -0.2) is 14.2 Å². The molecule has 4 heterocycles. The third-order valence-electron chi connectivity index (χ3n) is 7.11. The summed E-state index contributed by atoms with van der Waals surface area (Å²) in [5, 5.41) is 9.45. The van der Waals surface area contributed by atoms with Crippen LogP contribution in [0.4, 0.5) is 0 Å². The fourth-order valence-electron chi connectivity index (χ4n) is 4.34. The Labute approximate surface area is 210 Å². The van der Waals surface area contributed by atoms with Crippen molar-refractivity contribution >= 4 is 26.4 Å². The molecule has 190 valence electrons. The summed E-state index contributed by atoms with van der Waals surface area (Å²) in [5.74, 6) is 0.196. The molecule has 1 aliphatic heterocycles. The van der Waals surface area contributed by atoms with E-state index in [-0.39, 0.29) is 5.92 Å². The molecule has 0 saturated carbocycles. The highest BCUT2D eigenvalue weighted by Crippen LogP contribution is 2.38. The maximum Gasteiger partial charge on any atom is 0.516 e. The van der Waals surface area contributed by atoms with Crippen LogP contribution in [-0.2, 0) is 20.8 Å². The molecule has 4 rings (SSSR count). The van der Waals surface area contributed by atoms with Gasteiger partial charge in [0, 0.05) is 32.0 Å². The Morgan fingerprint density at radius 1 is 1.11 bits per heavy atom. The summed E-state index contributed by atoms with van der Waals surface area (Å²) < 4.78 is 22.8. The topological polar surface area (TPSA) is 75.7 Å². The zero-order valence-corrected chi connectivity index (χ0v) is 24.0. The molecule has 0 radical (unpaired) electrons. The number of aromatic nitrogens is 5. The van der Waals surface area contributed by atoms with Crippen LogP contribution in [0.5, 0.6) is 0 Å². The molecule has 1 saturated heterocycles. The molecule has 10 heteroatoms. The van der Waals surface area contributed by atoms with Gasteiger partial charge < -0.3 is 14.0 Å². The molecule has 0 aliphatic carbocycles. The van der Waals surface area contributed by atoms with Gasteiger partial charge in [-0.2, -0.15) is 10.2 Å². The number of pyridine rings is 1. The van der Waals surface area contributed by atoms with Crippen molar-refractivity contribution in [1.29, 1.82) is 0 Å². The van der Waals surface area contributed by atoms with E-state index in [1.165, 1.54) is 0 Å². The van der Waals surface area contributed by atoms with Gasteiger partial charge in [0.2, 0.25) is 0 Å². The van der Waals surface area contributed by atoms with Crippen molar-refractivity contribution in [2.75, 3.05) is 6.61 Å². The predicted molar refractivity (Wildman–Crippen MR) is 143 cm³/mol. The van der Waals surface area contributed by atoms with Crippen molar-refractivity contribution in [3.8, 4) is 11.3 Å². The SMILES string of the molecule is Cc1cc(-c2c(C(C)C)c(B3OC(C)(C)C(C)(C)O3)nn2COCC[Si](C)(C)C)cn2ncnc12. The molecular weight excluding hydrogens is 457 g/mol. The first kappa shape index (κ1) is 26.1. The molecule has 3 aromatic rings. The summed E-state index contributed by atoms with van der Waals surface area (Å²) in [7, 11) is -1.74. The molecule has 3 aromatic heterocycles. The van der Waals surface area contributed by atoms with Gasteiger partial charge in [-0.1, -0.05) is 33.5 Å². The second-order valence-corrected chi connectivity index (χ2v) is 17.8. The van der Waals surface area contributed by atoms with E-state index in [9.17, 15) is 0 Å². The van der Waals surface area contributed by atoms with Crippen molar-refractivity contribution in [3.63, 3.8) is 0 Å². The van der Waals surface area contributed by atoms with E-state index in [2.05, 4.69) is 84.3 Å². The summed E-state index contributed by atoms with van der Waals surface area (Å²) in [6.07, 6.45) is 3.60. The summed E-state index contributed by atoms with van der Waals surface area (Å²) in [6, 6.07) is 3.26. The van der Waals surface area contributed by atoms with E-state index < -0.39 is 26.4 Å². The van der Waals surface area contributed by atoms with Crippen molar-refractivity contribution < 1.29 is 14.0 Å². The molecule has 1 aliphatic rings. The second-order valence-electron chi connectivity index (χ2n) is 12.2. The van der Waals surface area contributed by atoms with Crippen molar-refractivity contribution in [2.45, 2.75) is 98.0 Å². The lowest BCUT2D eigenvalue weighted by Crippen LogP contribution is -2.41. The van der Waals surface area contributed by atoms with Gasteiger partial charge in [-0.15, -0.1) is 0 Å². The van der Waals surface area contributed by atoms with Crippen LogP contribution in [0.1, 0.15) is 58.6 Å². The minimum atomic E-state index is -1.19. The smallest absolute Gasteiger partial charge is 0.398 e. The fraction of sp³-hybridized carbons (Fsp3) is 0.640. The Kier molecular flexibility index (Phi) is 6.80. The molecule has 0 atom stereocenters. The minimum Gasteiger partial charge on any atom is -0.398 e. The predicted octanol–water partition coefficient (Wildman–Crippen LogP) is 4.64. The Morgan fingerprint density at radius 3 is 2.37 bits per heavy atom. The van der Waals surface area contributed by atoms with E-state index in [1.54, 1.807) is 6.33 Å². The van der Waals surface area contributed by atoms with Crippen LogP contribution in [0.3, 0.4) is 0 Å². The summed E-state index contributed by atoms with van der Waals surface area (Å²) in [6.45, 7) is 22.9. The van der Waals surface area contributed by atoms with Gasteiger partial charge in [0.1, 0.15) is 13.1 Å². The fourth-order valence-corrected chi connectivity index (χ4v) is 5.10. The molecule has 0 bridgehead atoms. The molecule has 0 N–H and O–H groups in total.